The summed E-state index contributed by atoms with van der Waals surface area (Å²) in [5.74, 6) is -0.998. The van der Waals surface area contributed by atoms with Crippen molar-refractivity contribution >= 4 is 17.8 Å². The minimum atomic E-state index is -0.626. The van der Waals surface area contributed by atoms with E-state index in [0.29, 0.717) is 25.3 Å². The van der Waals surface area contributed by atoms with Gasteiger partial charge in [0.1, 0.15) is 6.04 Å². The molecule has 2 rings (SSSR count). The second kappa shape index (κ2) is 9.53. The fourth-order valence-corrected chi connectivity index (χ4v) is 3.35. The first-order valence-electron chi connectivity index (χ1n) is 9.66. The van der Waals surface area contributed by atoms with Crippen LogP contribution in [0, 0.1) is 18.8 Å². The number of piperidine rings is 1. The molecule has 0 aliphatic carbocycles. The molecule has 1 N–H and O–H groups in total. The van der Waals surface area contributed by atoms with E-state index in [1.165, 1.54) is 0 Å². The number of nitrogens with zero attached hydrogens (tertiary/aromatic N) is 1. The van der Waals surface area contributed by atoms with E-state index in [0.717, 1.165) is 18.4 Å². The Balaban J connectivity index is 2.07. The van der Waals surface area contributed by atoms with Crippen molar-refractivity contribution in [1.82, 2.24) is 10.2 Å². The number of hydrogen-bond donors (Lipinski definition) is 1. The van der Waals surface area contributed by atoms with Crippen LogP contribution in [0.4, 0.5) is 0 Å². The molecule has 1 fully saturated rings. The van der Waals surface area contributed by atoms with Crippen LogP contribution in [-0.4, -0.2) is 48.4 Å². The fraction of sp³-hybridized carbons (Fsp3) is 0.571. The number of likely N-dealkylation sites (tertiary alicyclic amines) is 1. The summed E-state index contributed by atoms with van der Waals surface area (Å²) >= 11 is 0. The van der Waals surface area contributed by atoms with E-state index in [1.54, 1.807) is 24.0 Å². The Kier molecular flexibility index (Phi) is 7.39. The minimum absolute atomic E-state index is 0.0609. The number of benzene rings is 1. The molecule has 0 spiro atoms. The van der Waals surface area contributed by atoms with E-state index in [1.807, 2.05) is 32.9 Å². The molecule has 2 unspecified atom stereocenters. The zero-order valence-electron chi connectivity index (χ0n) is 16.7. The quantitative estimate of drug-likeness (QED) is 0.777. The van der Waals surface area contributed by atoms with Crippen molar-refractivity contribution in [3.8, 4) is 0 Å². The summed E-state index contributed by atoms with van der Waals surface area (Å²) in [4.78, 5) is 39.4. The lowest BCUT2D eigenvalue weighted by Crippen LogP contribution is -2.54. The van der Waals surface area contributed by atoms with Crippen molar-refractivity contribution < 1.29 is 19.1 Å². The van der Waals surface area contributed by atoms with Gasteiger partial charge in [-0.15, -0.1) is 0 Å². The topological polar surface area (TPSA) is 75.7 Å². The second-order valence-corrected chi connectivity index (χ2v) is 7.44. The molecular weight excluding hydrogens is 344 g/mol. The molecule has 1 aliphatic rings. The van der Waals surface area contributed by atoms with E-state index < -0.39 is 6.04 Å². The zero-order chi connectivity index (χ0) is 20.0. The van der Waals surface area contributed by atoms with E-state index in [4.69, 9.17) is 4.74 Å². The summed E-state index contributed by atoms with van der Waals surface area (Å²) in [6.45, 7) is 8.80. The van der Waals surface area contributed by atoms with Gasteiger partial charge in [-0.3, -0.25) is 14.4 Å². The Morgan fingerprint density at radius 2 is 2.04 bits per heavy atom. The Bertz CT molecular complexity index is 687. The van der Waals surface area contributed by atoms with Crippen LogP contribution in [0.3, 0.4) is 0 Å². The SMILES string of the molecule is CCOC(=O)C1CCCN(C(=O)C(NC(=O)c2cccc(C)c2)C(C)C)C1. The van der Waals surface area contributed by atoms with Crippen molar-refractivity contribution in [2.75, 3.05) is 19.7 Å². The molecule has 1 aromatic rings. The number of carbonyl (C=O) groups excluding carboxylic acids is 3. The van der Waals surface area contributed by atoms with Gasteiger partial charge >= 0.3 is 5.97 Å². The maximum Gasteiger partial charge on any atom is 0.310 e. The van der Waals surface area contributed by atoms with E-state index in [-0.39, 0.29) is 29.6 Å². The van der Waals surface area contributed by atoms with E-state index >= 15 is 0 Å². The van der Waals surface area contributed by atoms with Gasteiger partial charge in [0, 0.05) is 18.7 Å². The summed E-state index contributed by atoms with van der Waals surface area (Å²) < 4.78 is 5.10. The first-order chi connectivity index (χ1) is 12.8. The summed E-state index contributed by atoms with van der Waals surface area (Å²) in [6, 6.07) is 6.66. The highest BCUT2D eigenvalue weighted by Crippen LogP contribution is 2.20. The highest BCUT2D eigenvalue weighted by molar-refractivity contribution is 5.97. The highest BCUT2D eigenvalue weighted by Gasteiger charge is 2.34. The van der Waals surface area contributed by atoms with Gasteiger partial charge < -0.3 is 15.0 Å². The van der Waals surface area contributed by atoms with Crippen LogP contribution in [0.15, 0.2) is 24.3 Å². The molecule has 1 saturated heterocycles. The summed E-state index contributed by atoms with van der Waals surface area (Å²) in [5.41, 5.74) is 1.53. The van der Waals surface area contributed by atoms with Crippen LogP contribution in [0.1, 0.15) is 49.5 Å². The second-order valence-electron chi connectivity index (χ2n) is 7.44. The monoisotopic (exact) mass is 374 g/mol. The van der Waals surface area contributed by atoms with Gasteiger partial charge in [0.05, 0.1) is 12.5 Å². The number of aryl methyl sites for hydroxylation is 1. The standard InChI is InChI=1S/C21H30N2O4/c1-5-27-21(26)17-10-7-11-23(13-17)20(25)18(14(2)3)22-19(24)16-9-6-8-15(4)12-16/h6,8-9,12,14,17-18H,5,7,10-11,13H2,1-4H3,(H,22,24). The predicted octanol–water partition coefficient (Wildman–Crippen LogP) is 2.55. The van der Waals surface area contributed by atoms with Gasteiger partial charge in [-0.25, -0.2) is 0 Å². The number of rotatable bonds is 6. The van der Waals surface area contributed by atoms with Crippen molar-refractivity contribution in [3.05, 3.63) is 35.4 Å². The number of amides is 2. The third kappa shape index (κ3) is 5.55. The number of esters is 1. The molecule has 27 heavy (non-hydrogen) atoms. The Morgan fingerprint density at radius 3 is 2.67 bits per heavy atom. The first-order valence-corrected chi connectivity index (χ1v) is 9.66. The van der Waals surface area contributed by atoms with Gasteiger partial charge in [0.25, 0.3) is 5.91 Å². The molecule has 1 heterocycles. The number of carbonyl (C=O) groups is 3. The first kappa shape index (κ1) is 20.9. The minimum Gasteiger partial charge on any atom is -0.466 e. The Labute approximate surface area is 161 Å². The molecule has 0 bridgehead atoms. The number of nitrogens with one attached hydrogen (secondary N) is 1. The van der Waals surface area contributed by atoms with E-state index in [2.05, 4.69) is 5.32 Å². The predicted molar refractivity (Wildman–Crippen MR) is 103 cm³/mol. The average molecular weight is 374 g/mol. The van der Waals surface area contributed by atoms with Crippen LogP contribution in [-0.2, 0) is 14.3 Å². The maximum atomic E-state index is 13.1. The average Bonchev–Trinajstić information content (AvgIpc) is 2.65. The molecule has 0 saturated carbocycles. The number of ether oxygens (including phenoxy) is 1. The van der Waals surface area contributed by atoms with Gasteiger partial charge in [-0.2, -0.15) is 0 Å². The van der Waals surface area contributed by atoms with Crippen LogP contribution in [0.5, 0.6) is 0 Å². The zero-order valence-corrected chi connectivity index (χ0v) is 16.7. The molecule has 6 nitrogen and oxygen atoms in total. The van der Waals surface area contributed by atoms with Gasteiger partial charge in [-0.1, -0.05) is 31.5 Å². The molecule has 1 aromatic carbocycles. The van der Waals surface area contributed by atoms with Crippen LogP contribution in [0.2, 0.25) is 0 Å². The van der Waals surface area contributed by atoms with Crippen molar-refractivity contribution in [2.45, 2.75) is 46.6 Å². The summed E-state index contributed by atoms with van der Waals surface area (Å²) in [6.07, 6.45) is 1.48. The third-order valence-corrected chi connectivity index (χ3v) is 4.85. The molecule has 2 amide bonds. The third-order valence-electron chi connectivity index (χ3n) is 4.85. The Hall–Kier alpha value is -2.37. The maximum absolute atomic E-state index is 13.1. The lowest BCUT2D eigenvalue weighted by molar-refractivity contribution is -0.151. The van der Waals surface area contributed by atoms with Crippen LogP contribution < -0.4 is 5.32 Å². The smallest absolute Gasteiger partial charge is 0.310 e. The molecule has 6 heteroatoms. The molecule has 2 atom stereocenters. The van der Waals surface area contributed by atoms with Crippen LogP contribution in [0.25, 0.3) is 0 Å². The van der Waals surface area contributed by atoms with Crippen molar-refractivity contribution in [1.29, 1.82) is 0 Å². The molecule has 148 valence electrons. The normalized spacial score (nSPS) is 18.1. The molecule has 1 aliphatic heterocycles. The molecule has 0 aromatic heterocycles. The van der Waals surface area contributed by atoms with Gasteiger partial charge in [0.2, 0.25) is 5.91 Å². The van der Waals surface area contributed by atoms with Crippen LogP contribution >= 0.6 is 0 Å². The van der Waals surface area contributed by atoms with Gasteiger partial charge in [-0.05, 0) is 44.7 Å². The van der Waals surface area contributed by atoms with Crippen molar-refractivity contribution in [3.63, 3.8) is 0 Å². The molecule has 0 radical (unpaired) electrons. The molecular formula is C21H30N2O4. The highest BCUT2D eigenvalue weighted by atomic mass is 16.5. The fourth-order valence-electron chi connectivity index (χ4n) is 3.35. The lowest BCUT2D eigenvalue weighted by atomic mass is 9.95. The van der Waals surface area contributed by atoms with Gasteiger partial charge in [0.15, 0.2) is 0 Å². The van der Waals surface area contributed by atoms with Crippen molar-refractivity contribution in [2.24, 2.45) is 11.8 Å². The lowest BCUT2D eigenvalue weighted by Gasteiger charge is -2.35. The Morgan fingerprint density at radius 1 is 1.30 bits per heavy atom. The number of hydrogen-bond acceptors (Lipinski definition) is 4. The summed E-state index contributed by atoms with van der Waals surface area (Å²) in [7, 11) is 0. The van der Waals surface area contributed by atoms with E-state index in [9.17, 15) is 14.4 Å². The largest absolute Gasteiger partial charge is 0.466 e. The summed E-state index contributed by atoms with van der Waals surface area (Å²) in [5, 5.41) is 2.88.